The molecule has 7 heteroatoms. The first kappa shape index (κ1) is 12.9. The predicted octanol–water partition coefficient (Wildman–Crippen LogP) is 3.20. The number of aryl methyl sites for hydroxylation is 1. The summed E-state index contributed by atoms with van der Waals surface area (Å²) in [5.74, 6) is 1.42. The third-order valence-corrected chi connectivity index (χ3v) is 3.48. The molecule has 5 nitrogen and oxygen atoms in total. The Morgan fingerprint density at radius 1 is 1.35 bits per heavy atom. The second-order valence-corrected chi connectivity index (χ2v) is 5.11. The fourth-order valence-corrected chi connectivity index (χ4v) is 2.38. The lowest BCUT2D eigenvalue weighted by atomic mass is 10.2. The van der Waals surface area contributed by atoms with Crippen LogP contribution in [0.4, 0.5) is 4.39 Å². The molecular formula is C13H11FN4OS. The Bertz CT molecular complexity index is 724. The van der Waals surface area contributed by atoms with E-state index in [-0.39, 0.29) is 5.82 Å². The van der Waals surface area contributed by atoms with Gasteiger partial charge in [0.15, 0.2) is 5.82 Å². The molecule has 0 bridgehead atoms. The van der Waals surface area contributed by atoms with Gasteiger partial charge in [-0.3, -0.25) is 5.10 Å². The summed E-state index contributed by atoms with van der Waals surface area (Å²) in [4.78, 5) is 4.26. The standard InChI is InChI=1S/C13H11FN4OS/c1-8-6-9(19-18-8)7-20-13-15-12(16-17-13)10-4-2-3-5-11(10)14/h2-6H,7H2,1H3,(H,15,16,17). The maximum atomic E-state index is 13.6. The van der Waals surface area contributed by atoms with Gasteiger partial charge in [-0.2, -0.15) is 0 Å². The second-order valence-electron chi connectivity index (χ2n) is 4.17. The van der Waals surface area contributed by atoms with Crippen LogP contribution < -0.4 is 0 Å². The summed E-state index contributed by atoms with van der Waals surface area (Å²) in [6.45, 7) is 1.86. The number of halogens is 1. The Labute approximate surface area is 118 Å². The number of H-pyrrole nitrogens is 1. The normalized spacial score (nSPS) is 10.9. The number of aromatic amines is 1. The van der Waals surface area contributed by atoms with Crippen LogP contribution in [-0.2, 0) is 5.75 Å². The van der Waals surface area contributed by atoms with E-state index in [1.807, 2.05) is 13.0 Å². The summed E-state index contributed by atoms with van der Waals surface area (Å²) < 4.78 is 18.7. The average Bonchev–Trinajstić information content (AvgIpc) is 3.06. The SMILES string of the molecule is Cc1cc(CSc2n[nH]c(-c3ccccc3F)n2)on1. The molecule has 0 saturated carbocycles. The number of nitrogens with one attached hydrogen (secondary N) is 1. The van der Waals surface area contributed by atoms with Crippen molar-refractivity contribution in [3.05, 3.63) is 47.6 Å². The van der Waals surface area contributed by atoms with Crippen LogP contribution >= 0.6 is 11.8 Å². The van der Waals surface area contributed by atoms with Gasteiger partial charge in [0.05, 0.1) is 17.0 Å². The molecule has 1 N–H and O–H groups in total. The molecule has 0 aliphatic heterocycles. The number of benzene rings is 1. The quantitative estimate of drug-likeness (QED) is 0.747. The van der Waals surface area contributed by atoms with Gasteiger partial charge in [-0.25, -0.2) is 9.37 Å². The fourth-order valence-electron chi connectivity index (χ4n) is 1.70. The van der Waals surface area contributed by atoms with Crippen molar-refractivity contribution in [1.82, 2.24) is 20.3 Å². The van der Waals surface area contributed by atoms with E-state index in [1.165, 1.54) is 17.8 Å². The molecule has 0 fully saturated rings. The molecule has 0 unspecified atom stereocenters. The van der Waals surface area contributed by atoms with Gasteiger partial charge in [-0.05, 0) is 19.1 Å². The molecule has 0 atom stereocenters. The largest absolute Gasteiger partial charge is 0.360 e. The number of thioether (sulfide) groups is 1. The van der Waals surface area contributed by atoms with Gasteiger partial charge in [0.2, 0.25) is 5.16 Å². The van der Waals surface area contributed by atoms with Gasteiger partial charge < -0.3 is 4.52 Å². The third-order valence-electron chi connectivity index (χ3n) is 2.61. The molecule has 20 heavy (non-hydrogen) atoms. The van der Waals surface area contributed by atoms with Crippen molar-refractivity contribution in [2.75, 3.05) is 0 Å². The molecule has 0 aliphatic rings. The monoisotopic (exact) mass is 290 g/mol. The second kappa shape index (κ2) is 5.46. The molecule has 3 rings (SSSR count). The number of hydrogen-bond donors (Lipinski definition) is 1. The van der Waals surface area contributed by atoms with Crippen molar-refractivity contribution >= 4 is 11.8 Å². The first-order valence-corrected chi connectivity index (χ1v) is 6.93. The highest BCUT2D eigenvalue weighted by atomic mass is 32.2. The minimum absolute atomic E-state index is 0.328. The topological polar surface area (TPSA) is 67.6 Å². The molecule has 102 valence electrons. The maximum absolute atomic E-state index is 13.6. The summed E-state index contributed by atoms with van der Waals surface area (Å²) in [5.41, 5.74) is 1.24. The summed E-state index contributed by atoms with van der Waals surface area (Å²) in [5, 5.41) is 11.1. The molecule has 0 saturated heterocycles. The zero-order valence-electron chi connectivity index (χ0n) is 10.6. The minimum Gasteiger partial charge on any atom is -0.360 e. The molecule has 0 aliphatic carbocycles. The van der Waals surface area contributed by atoms with Gasteiger partial charge in [-0.1, -0.05) is 29.1 Å². The smallest absolute Gasteiger partial charge is 0.209 e. The van der Waals surface area contributed by atoms with Crippen LogP contribution in [0.2, 0.25) is 0 Å². The van der Waals surface area contributed by atoms with Gasteiger partial charge in [0, 0.05) is 6.07 Å². The highest BCUT2D eigenvalue weighted by Crippen LogP contribution is 2.23. The summed E-state index contributed by atoms with van der Waals surface area (Å²) in [6.07, 6.45) is 0. The maximum Gasteiger partial charge on any atom is 0.209 e. The third kappa shape index (κ3) is 2.72. The minimum atomic E-state index is -0.328. The predicted molar refractivity (Wildman–Crippen MR) is 72.6 cm³/mol. The van der Waals surface area contributed by atoms with Crippen molar-refractivity contribution in [2.24, 2.45) is 0 Å². The summed E-state index contributed by atoms with van der Waals surface area (Å²) in [7, 11) is 0. The van der Waals surface area contributed by atoms with Crippen molar-refractivity contribution in [2.45, 2.75) is 17.8 Å². The van der Waals surface area contributed by atoms with Crippen molar-refractivity contribution in [3.63, 3.8) is 0 Å². The summed E-state index contributed by atoms with van der Waals surface area (Å²) in [6, 6.07) is 8.30. The zero-order chi connectivity index (χ0) is 13.9. The van der Waals surface area contributed by atoms with E-state index in [0.29, 0.717) is 22.3 Å². The van der Waals surface area contributed by atoms with Gasteiger partial charge in [-0.15, -0.1) is 5.10 Å². The van der Waals surface area contributed by atoms with Crippen molar-refractivity contribution in [3.8, 4) is 11.4 Å². The van der Waals surface area contributed by atoms with E-state index in [4.69, 9.17) is 4.52 Å². The molecule has 1 aromatic carbocycles. The number of nitrogens with zero attached hydrogens (tertiary/aromatic N) is 3. The molecule has 3 aromatic rings. The Kier molecular flexibility index (Phi) is 3.51. The van der Waals surface area contributed by atoms with E-state index in [0.717, 1.165) is 11.5 Å². The first-order chi connectivity index (χ1) is 9.72. The Hall–Kier alpha value is -2.15. The van der Waals surface area contributed by atoms with Gasteiger partial charge >= 0.3 is 0 Å². The van der Waals surface area contributed by atoms with Crippen LogP contribution in [0.15, 0.2) is 40.0 Å². The molecule has 0 spiro atoms. The number of hydrogen-bond acceptors (Lipinski definition) is 5. The van der Waals surface area contributed by atoms with Crippen LogP contribution in [0.1, 0.15) is 11.5 Å². The van der Waals surface area contributed by atoms with E-state index in [9.17, 15) is 4.39 Å². The number of aromatic nitrogens is 4. The zero-order valence-corrected chi connectivity index (χ0v) is 11.4. The van der Waals surface area contributed by atoms with Crippen LogP contribution in [0.25, 0.3) is 11.4 Å². The number of rotatable bonds is 4. The first-order valence-electron chi connectivity index (χ1n) is 5.94. The molecule has 0 radical (unpaired) electrons. The van der Waals surface area contributed by atoms with Crippen molar-refractivity contribution < 1.29 is 8.91 Å². The Morgan fingerprint density at radius 2 is 2.20 bits per heavy atom. The molecule has 2 aromatic heterocycles. The van der Waals surface area contributed by atoms with E-state index < -0.39 is 0 Å². The molecular weight excluding hydrogens is 279 g/mol. The van der Waals surface area contributed by atoms with Crippen LogP contribution in [0, 0.1) is 12.7 Å². The molecule has 2 heterocycles. The fraction of sp³-hybridized carbons (Fsp3) is 0.154. The van der Waals surface area contributed by atoms with E-state index in [2.05, 4.69) is 20.3 Å². The van der Waals surface area contributed by atoms with E-state index in [1.54, 1.807) is 18.2 Å². The molecule has 0 amide bonds. The van der Waals surface area contributed by atoms with Crippen molar-refractivity contribution in [1.29, 1.82) is 0 Å². The highest BCUT2D eigenvalue weighted by molar-refractivity contribution is 7.98. The lowest BCUT2D eigenvalue weighted by molar-refractivity contribution is 0.391. The lowest BCUT2D eigenvalue weighted by Gasteiger charge is -1.96. The lowest BCUT2D eigenvalue weighted by Crippen LogP contribution is -1.85. The van der Waals surface area contributed by atoms with Crippen LogP contribution in [-0.4, -0.2) is 20.3 Å². The van der Waals surface area contributed by atoms with Gasteiger partial charge in [0.1, 0.15) is 11.6 Å². The highest BCUT2D eigenvalue weighted by Gasteiger charge is 2.11. The van der Waals surface area contributed by atoms with E-state index >= 15 is 0 Å². The summed E-state index contributed by atoms with van der Waals surface area (Å²) >= 11 is 1.40. The van der Waals surface area contributed by atoms with Crippen LogP contribution in [0.5, 0.6) is 0 Å². The van der Waals surface area contributed by atoms with Crippen LogP contribution in [0.3, 0.4) is 0 Å². The van der Waals surface area contributed by atoms with Gasteiger partial charge in [0.25, 0.3) is 0 Å². The Morgan fingerprint density at radius 3 is 2.95 bits per heavy atom. The average molecular weight is 290 g/mol. The Balaban J connectivity index is 1.72.